The van der Waals surface area contributed by atoms with Crippen LogP contribution in [-0.2, 0) is 0 Å². The zero-order chi connectivity index (χ0) is 7.03. The molecule has 0 aromatic heterocycles. The third-order valence-corrected chi connectivity index (χ3v) is 2.57. The zero-order valence-electron chi connectivity index (χ0n) is 6.14. The van der Waals surface area contributed by atoms with Gasteiger partial charge in [0.1, 0.15) is 0 Å². The molecular formula is C8H13N2. The fourth-order valence-electron chi connectivity index (χ4n) is 1.93. The van der Waals surface area contributed by atoms with E-state index in [2.05, 4.69) is 11.4 Å². The number of rotatable bonds is 0. The van der Waals surface area contributed by atoms with E-state index in [4.69, 9.17) is 5.73 Å². The van der Waals surface area contributed by atoms with Gasteiger partial charge in [0.2, 0.25) is 0 Å². The van der Waals surface area contributed by atoms with E-state index in [1.165, 1.54) is 18.4 Å². The Morgan fingerprint density at radius 2 is 2.50 bits per heavy atom. The molecule has 1 aliphatic carbocycles. The van der Waals surface area contributed by atoms with Crippen LogP contribution in [0.25, 0.3) is 0 Å². The molecule has 55 valence electrons. The minimum Gasteiger partial charge on any atom is -0.321 e. The molecule has 10 heavy (non-hydrogen) atoms. The highest BCUT2D eigenvalue weighted by Crippen LogP contribution is 2.33. The predicted octanol–water partition coefficient (Wildman–Crippen LogP) is 0.412. The largest absolute Gasteiger partial charge is 0.321 e. The Morgan fingerprint density at radius 3 is 3.30 bits per heavy atom. The van der Waals surface area contributed by atoms with E-state index < -0.39 is 0 Å². The molecule has 2 nitrogen and oxygen atoms in total. The van der Waals surface area contributed by atoms with E-state index in [0.29, 0.717) is 0 Å². The van der Waals surface area contributed by atoms with Gasteiger partial charge in [0.25, 0.3) is 0 Å². The molecule has 2 N–H and O–H groups in total. The van der Waals surface area contributed by atoms with Crippen molar-refractivity contribution < 1.29 is 0 Å². The predicted molar refractivity (Wildman–Crippen MR) is 40.7 cm³/mol. The van der Waals surface area contributed by atoms with Crippen LogP contribution in [0.5, 0.6) is 0 Å². The third kappa shape index (κ3) is 0.796. The van der Waals surface area contributed by atoms with Crippen LogP contribution in [0.3, 0.4) is 0 Å². The van der Waals surface area contributed by atoms with Gasteiger partial charge < -0.3 is 5.73 Å². The first-order valence-electron chi connectivity index (χ1n) is 3.93. The van der Waals surface area contributed by atoms with Crippen molar-refractivity contribution in [2.75, 3.05) is 13.1 Å². The molecule has 0 unspecified atom stereocenters. The van der Waals surface area contributed by atoms with Crippen LogP contribution in [-0.4, -0.2) is 18.6 Å². The Hall–Kier alpha value is -0.340. The molecular weight excluding hydrogens is 124 g/mol. The van der Waals surface area contributed by atoms with Crippen molar-refractivity contribution in [3.8, 4) is 0 Å². The summed E-state index contributed by atoms with van der Waals surface area (Å²) < 4.78 is 0. The summed E-state index contributed by atoms with van der Waals surface area (Å²) in [7, 11) is 0. The molecule has 0 aromatic carbocycles. The summed E-state index contributed by atoms with van der Waals surface area (Å²) in [4.78, 5) is 0. The molecule has 2 rings (SSSR count). The Morgan fingerprint density at radius 1 is 1.60 bits per heavy atom. The van der Waals surface area contributed by atoms with Crippen LogP contribution in [0.15, 0.2) is 11.6 Å². The molecule has 1 aliphatic heterocycles. The van der Waals surface area contributed by atoms with E-state index in [9.17, 15) is 0 Å². The SMILES string of the molecule is N[C@@]12CCCC1=CC[N]C2. The zero-order valence-corrected chi connectivity index (χ0v) is 6.14. The van der Waals surface area contributed by atoms with Crippen LogP contribution < -0.4 is 11.1 Å². The first kappa shape index (κ1) is 6.38. The van der Waals surface area contributed by atoms with E-state index in [1.54, 1.807) is 0 Å². The normalized spacial score (nSPS) is 39.1. The molecule has 1 atom stereocenters. The van der Waals surface area contributed by atoms with Crippen LogP contribution in [0.4, 0.5) is 0 Å². The van der Waals surface area contributed by atoms with Crippen molar-refractivity contribution in [2.45, 2.75) is 24.8 Å². The lowest BCUT2D eigenvalue weighted by Gasteiger charge is -2.28. The number of hydrogen-bond acceptors (Lipinski definition) is 1. The van der Waals surface area contributed by atoms with Crippen molar-refractivity contribution in [3.63, 3.8) is 0 Å². The summed E-state index contributed by atoms with van der Waals surface area (Å²) in [6.07, 6.45) is 5.82. The van der Waals surface area contributed by atoms with E-state index in [-0.39, 0.29) is 5.54 Å². The molecule has 1 radical (unpaired) electrons. The highest BCUT2D eigenvalue weighted by Gasteiger charge is 2.35. The number of fused-ring (bicyclic) bond motifs is 1. The van der Waals surface area contributed by atoms with Gasteiger partial charge in [-0.15, -0.1) is 0 Å². The number of hydrogen-bond donors (Lipinski definition) is 1. The quantitative estimate of drug-likeness (QED) is 0.483. The molecule has 0 aromatic rings. The maximum Gasteiger partial charge on any atom is 0.0512 e. The Labute approximate surface area is 61.5 Å². The second-order valence-electron chi connectivity index (χ2n) is 3.30. The van der Waals surface area contributed by atoms with Crippen LogP contribution in [0.2, 0.25) is 0 Å². The molecule has 2 heteroatoms. The molecule has 0 amide bonds. The fraction of sp³-hybridized carbons (Fsp3) is 0.750. The summed E-state index contributed by atoms with van der Waals surface area (Å²) in [6, 6.07) is 0. The Balaban J connectivity index is 2.28. The fourth-order valence-corrected chi connectivity index (χ4v) is 1.93. The topological polar surface area (TPSA) is 40.1 Å². The minimum atomic E-state index is -0.0156. The lowest BCUT2D eigenvalue weighted by Crippen LogP contribution is -2.48. The summed E-state index contributed by atoms with van der Waals surface area (Å²) >= 11 is 0. The van der Waals surface area contributed by atoms with Gasteiger partial charge in [-0.25, -0.2) is 5.32 Å². The molecule has 1 fully saturated rings. The second kappa shape index (κ2) is 2.07. The summed E-state index contributed by atoms with van der Waals surface area (Å²) in [5.41, 5.74) is 7.55. The van der Waals surface area contributed by atoms with E-state index in [1.807, 2.05) is 0 Å². The van der Waals surface area contributed by atoms with Gasteiger partial charge in [-0.2, -0.15) is 0 Å². The highest BCUT2D eigenvalue weighted by molar-refractivity contribution is 5.27. The molecule has 0 spiro atoms. The van der Waals surface area contributed by atoms with Gasteiger partial charge in [0, 0.05) is 13.1 Å². The molecule has 2 aliphatic rings. The van der Waals surface area contributed by atoms with Crippen LogP contribution in [0.1, 0.15) is 19.3 Å². The van der Waals surface area contributed by atoms with Crippen LogP contribution in [0, 0.1) is 0 Å². The average Bonchev–Trinajstić information content (AvgIpc) is 2.29. The van der Waals surface area contributed by atoms with Gasteiger partial charge in [-0.3, -0.25) is 0 Å². The van der Waals surface area contributed by atoms with E-state index in [0.717, 1.165) is 19.5 Å². The average molecular weight is 137 g/mol. The Kier molecular flexibility index (Phi) is 1.32. The monoisotopic (exact) mass is 137 g/mol. The first-order chi connectivity index (χ1) is 4.81. The maximum absolute atomic E-state index is 6.10. The Bertz CT molecular complexity index is 174. The standard InChI is InChI=1S/C8H13N2/c9-8-4-1-2-7(8)3-5-10-6-8/h3H,1-2,4-6,9H2/t8-/m1/s1. The number of nitrogens with two attached hydrogens (primary N) is 1. The van der Waals surface area contributed by atoms with Crippen molar-refractivity contribution in [1.29, 1.82) is 0 Å². The van der Waals surface area contributed by atoms with Crippen molar-refractivity contribution in [1.82, 2.24) is 5.32 Å². The summed E-state index contributed by atoms with van der Waals surface area (Å²) in [6.45, 7) is 1.76. The first-order valence-corrected chi connectivity index (χ1v) is 3.93. The molecule has 0 saturated heterocycles. The van der Waals surface area contributed by atoms with Gasteiger partial charge in [-0.1, -0.05) is 11.6 Å². The lowest BCUT2D eigenvalue weighted by atomic mass is 9.91. The number of nitrogens with zero attached hydrogens (tertiary/aromatic N) is 1. The van der Waals surface area contributed by atoms with Crippen molar-refractivity contribution >= 4 is 0 Å². The van der Waals surface area contributed by atoms with Crippen LogP contribution >= 0.6 is 0 Å². The maximum atomic E-state index is 6.10. The van der Waals surface area contributed by atoms with Gasteiger partial charge in [0.15, 0.2) is 0 Å². The van der Waals surface area contributed by atoms with Gasteiger partial charge >= 0.3 is 0 Å². The van der Waals surface area contributed by atoms with Crippen molar-refractivity contribution in [2.24, 2.45) is 5.73 Å². The van der Waals surface area contributed by atoms with Gasteiger partial charge in [-0.05, 0) is 19.3 Å². The smallest absolute Gasteiger partial charge is 0.0512 e. The van der Waals surface area contributed by atoms with Gasteiger partial charge in [0.05, 0.1) is 5.54 Å². The van der Waals surface area contributed by atoms with E-state index >= 15 is 0 Å². The second-order valence-corrected chi connectivity index (χ2v) is 3.30. The lowest BCUT2D eigenvalue weighted by molar-refractivity contribution is 0.451. The summed E-state index contributed by atoms with van der Waals surface area (Å²) in [5.74, 6) is 0. The minimum absolute atomic E-state index is 0.0156. The third-order valence-electron chi connectivity index (χ3n) is 2.57. The highest BCUT2D eigenvalue weighted by atomic mass is 15.0. The molecule has 1 saturated carbocycles. The summed E-state index contributed by atoms with van der Waals surface area (Å²) in [5, 5.41) is 4.29. The molecule has 1 heterocycles. The van der Waals surface area contributed by atoms with Crippen molar-refractivity contribution in [3.05, 3.63) is 11.6 Å². The molecule has 0 bridgehead atoms.